The number of para-hydroxylation sites is 3. The third kappa shape index (κ3) is 5.14. The third-order valence-electron chi connectivity index (χ3n) is 5.71. The number of ketones is 1. The lowest BCUT2D eigenvalue weighted by Crippen LogP contribution is -2.33. The summed E-state index contributed by atoms with van der Waals surface area (Å²) in [5.41, 5.74) is 2.99. The minimum atomic E-state index is -0.598. The highest BCUT2D eigenvalue weighted by Gasteiger charge is 2.24. The summed E-state index contributed by atoms with van der Waals surface area (Å²) in [5, 5.41) is 0. The molecule has 2 aromatic carbocycles. The quantitative estimate of drug-likeness (QED) is 0.281. The number of hydrogen-bond donors (Lipinski definition) is 0. The van der Waals surface area contributed by atoms with Crippen molar-refractivity contribution in [3.63, 3.8) is 0 Å². The molecule has 0 fully saturated rings. The summed E-state index contributed by atoms with van der Waals surface area (Å²) < 4.78 is 24.3. The van der Waals surface area contributed by atoms with Crippen molar-refractivity contribution in [2.24, 2.45) is 0 Å². The van der Waals surface area contributed by atoms with Gasteiger partial charge in [0.2, 0.25) is 5.78 Å². The molecule has 0 amide bonds. The SMILES string of the molecule is COc1ccccc1C=CC(=O)OCC(=O)c1cc(C)n(CC2COc3ccccc3O2)c1C. The fraction of sp³-hybridized carbons (Fsp3) is 0.259. The molecule has 0 radical (unpaired) electrons. The van der Waals surface area contributed by atoms with E-state index in [0.29, 0.717) is 30.2 Å². The summed E-state index contributed by atoms with van der Waals surface area (Å²) in [6.45, 7) is 4.44. The molecule has 1 aliphatic rings. The average molecular weight is 462 g/mol. The van der Waals surface area contributed by atoms with E-state index < -0.39 is 5.97 Å². The largest absolute Gasteiger partial charge is 0.496 e. The summed E-state index contributed by atoms with van der Waals surface area (Å²) in [6, 6.07) is 16.7. The van der Waals surface area contributed by atoms with E-state index in [0.717, 1.165) is 22.7 Å². The molecule has 2 heterocycles. The predicted octanol–water partition coefficient (Wildman–Crippen LogP) is 4.39. The maximum atomic E-state index is 12.8. The molecule has 1 atom stereocenters. The number of carbonyl (C=O) groups excluding carboxylic acids is 2. The van der Waals surface area contributed by atoms with E-state index in [1.807, 2.05) is 66.9 Å². The van der Waals surface area contributed by atoms with E-state index in [4.69, 9.17) is 18.9 Å². The number of fused-ring (bicyclic) bond motifs is 1. The van der Waals surface area contributed by atoms with E-state index in [2.05, 4.69) is 0 Å². The van der Waals surface area contributed by atoms with Crippen molar-refractivity contribution in [1.82, 2.24) is 4.57 Å². The number of nitrogens with zero attached hydrogens (tertiary/aromatic N) is 1. The van der Waals surface area contributed by atoms with Crippen LogP contribution in [0.5, 0.6) is 17.2 Å². The number of aryl methyl sites for hydroxylation is 1. The minimum Gasteiger partial charge on any atom is -0.496 e. The second kappa shape index (κ2) is 10.3. The van der Waals surface area contributed by atoms with Gasteiger partial charge in [0.1, 0.15) is 12.4 Å². The Labute approximate surface area is 198 Å². The number of carbonyl (C=O) groups is 2. The van der Waals surface area contributed by atoms with Gasteiger partial charge >= 0.3 is 5.97 Å². The molecule has 1 aromatic heterocycles. The van der Waals surface area contributed by atoms with E-state index in [1.165, 1.54) is 6.08 Å². The Morgan fingerprint density at radius 3 is 2.62 bits per heavy atom. The highest BCUT2D eigenvalue weighted by Crippen LogP contribution is 2.31. The number of ether oxygens (including phenoxy) is 4. The van der Waals surface area contributed by atoms with Crippen LogP contribution in [0, 0.1) is 13.8 Å². The fourth-order valence-corrected chi connectivity index (χ4v) is 3.95. The van der Waals surface area contributed by atoms with Gasteiger partial charge in [-0.25, -0.2) is 4.79 Å². The van der Waals surface area contributed by atoms with E-state index in [9.17, 15) is 9.59 Å². The van der Waals surface area contributed by atoms with Crippen LogP contribution in [0.15, 0.2) is 60.7 Å². The predicted molar refractivity (Wildman–Crippen MR) is 128 cm³/mol. The number of rotatable bonds is 8. The topological polar surface area (TPSA) is 76.0 Å². The van der Waals surface area contributed by atoms with E-state index in [1.54, 1.807) is 19.3 Å². The lowest BCUT2D eigenvalue weighted by atomic mass is 10.1. The van der Waals surface area contributed by atoms with Gasteiger partial charge in [0, 0.05) is 28.6 Å². The molecule has 7 nitrogen and oxygen atoms in total. The molecule has 7 heteroatoms. The molecule has 0 bridgehead atoms. The third-order valence-corrected chi connectivity index (χ3v) is 5.71. The molecule has 176 valence electrons. The van der Waals surface area contributed by atoms with Gasteiger partial charge in [-0.15, -0.1) is 0 Å². The molecule has 0 saturated heterocycles. The minimum absolute atomic E-state index is 0.180. The van der Waals surface area contributed by atoms with Gasteiger partial charge < -0.3 is 23.5 Å². The monoisotopic (exact) mass is 461 g/mol. The summed E-state index contributed by atoms with van der Waals surface area (Å²) in [5.74, 6) is 1.23. The van der Waals surface area contributed by atoms with Gasteiger partial charge in [-0.1, -0.05) is 30.3 Å². The average Bonchev–Trinajstić information content (AvgIpc) is 3.14. The molecule has 1 aliphatic heterocycles. The molecule has 1 unspecified atom stereocenters. The molecule has 34 heavy (non-hydrogen) atoms. The summed E-state index contributed by atoms with van der Waals surface area (Å²) >= 11 is 0. The number of aromatic nitrogens is 1. The number of methoxy groups -OCH3 is 1. The standard InChI is InChI=1S/C27H27NO6/c1-18-14-22(19(2)28(18)15-21-16-32-25-10-6-7-11-26(25)34-21)23(29)17-33-27(30)13-12-20-8-4-5-9-24(20)31-3/h4-14,21H,15-17H2,1-3H3. The lowest BCUT2D eigenvalue weighted by molar-refractivity contribution is -0.136. The molecule has 4 rings (SSSR count). The van der Waals surface area contributed by atoms with Crippen LogP contribution in [-0.2, 0) is 16.1 Å². The number of Topliss-reactive ketones (excluding diaryl/α,β-unsaturated/α-hetero) is 1. The van der Waals surface area contributed by atoms with Crippen molar-refractivity contribution < 1.29 is 28.5 Å². The van der Waals surface area contributed by atoms with E-state index >= 15 is 0 Å². The Morgan fingerprint density at radius 1 is 1.09 bits per heavy atom. The van der Waals surface area contributed by atoms with Crippen LogP contribution in [0.4, 0.5) is 0 Å². The first-order valence-electron chi connectivity index (χ1n) is 11.0. The number of benzene rings is 2. The van der Waals surface area contributed by atoms with Crippen LogP contribution in [-0.4, -0.2) is 42.7 Å². The highest BCUT2D eigenvalue weighted by atomic mass is 16.6. The number of hydrogen-bond acceptors (Lipinski definition) is 6. The number of esters is 1. The van der Waals surface area contributed by atoms with Crippen molar-refractivity contribution in [3.8, 4) is 17.2 Å². The van der Waals surface area contributed by atoms with Crippen LogP contribution in [0.2, 0.25) is 0 Å². The van der Waals surface area contributed by atoms with Crippen LogP contribution >= 0.6 is 0 Å². The van der Waals surface area contributed by atoms with Gasteiger partial charge in [0.05, 0.1) is 13.7 Å². The second-order valence-corrected chi connectivity index (χ2v) is 8.00. The first-order chi connectivity index (χ1) is 16.5. The van der Waals surface area contributed by atoms with Crippen molar-refractivity contribution in [2.75, 3.05) is 20.3 Å². The van der Waals surface area contributed by atoms with Gasteiger partial charge in [0.25, 0.3) is 0 Å². The van der Waals surface area contributed by atoms with Gasteiger partial charge in [-0.05, 0) is 44.2 Å². The van der Waals surface area contributed by atoms with Crippen molar-refractivity contribution in [2.45, 2.75) is 26.5 Å². The normalized spacial score (nSPS) is 14.7. The fourth-order valence-electron chi connectivity index (χ4n) is 3.95. The Kier molecular flexibility index (Phi) is 7.01. The molecule has 3 aromatic rings. The molecule has 0 N–H and O–H groups in total. The van der Waals surface area contributed by atoms with Crippen LogP contribution in [0.3, 0.4) is 0 Å². The zero-order valence-corrected chi connectivity index (χ0v) is 19.4. The van der Waals surface area contributed by atoms with Gasteiger partial charge in [-0.3, -0.25) is 4.79 Å². The Morgan fingerprint density at radius 2 is 1.82 bits per heavy atom. The maximum Gasteiger partial charge on any atom is 0.331 e. The smallest absolute Gasteiger partial charge is 0.331 e. The summed E-state index contributed by atoms with van der Waals surface area (Å²) in [7, 11) is 1.56. The van der Waals surface area contributed by atoms with Crippen LogP contribution in [0.25, 0.3) is 6.08 Å². The lowest BCUT2D eigenvalue weighted by Gasteiger charge is -2.27. The van der Waals surface area contributed by atoms with Crippen molar-refractivity contribution in [1.29, 1.82) is 0 Å². The molecular formula is C27H27NO6. The Hall–Kier alpha value is -4.00. The maximum absolute atomic E-state index is 12.8. The van der Waals surface area contributed by atoms with E-state index in [-0.39, 0.29) is 18.5 Å². The zero-order valence-electron chi connectivity index (χ0n) is 19.4. The molecule has 0 saturated carbocycles. The van der Waals surface area contributed by atoms with Gasteiger partial charge in [0.15, 0.2) is 24.2 Å². The summed E-state index contributed by atoms with van der Waals surface area (Å²) in [4.78, 5) is 24.9. The Bertz CT molecular complexity index is 1230. The highest BCUT2D eigenvalue weighted by molar-refractivity contribution is 6.00. The summed E-state index contributed by atoms with van der Waals surface area (Å²) in [6.07, 6.45) is 2.70. The molecule has 0 spiro atoms. The zero-order chi connectivity index (χ0) is 24.1. The van der Waals surface area contributed by atoms with Crippen molar-refractivity contribution >= 4 is 17.8 Å². The van der Waals surface area contributed by atoms with Crippen LogP contribution in [0.1, 0.15) is 27.3 Å². The van der Waals surface area contributed by atoms with Crippen LogP contribution < -0.4 is 14.2 Å². The first kappa shape index (κ1) is 23.2. The molecule has 0 aliphatic carbocycles. The molecular weight excluding hydrogens is 434 g/mol. The first-order valence-corrected chi connectivity index (χ1v) is 11.0. The van der Waals surface area contributed by atoms with Crippen molar-refractivity contribution in [3.05, 3.63) is 83.2 Å². The van der Waals surface area contributed by atoms with Gasteiger partial charge in [-0.2, -0.15) is 0 Å². The second-order valence-electron chi connectivity index (χ2n) is 8.00. The Balaban J connectivity index is 1.36.